The Morgan fingerprint density at radius 3 is 2.38 bits per heavy atom. The van der Waals surface area contributed by atoms with Crippen LogP contribution in [0.15, 0.2) is 47.5 Å². The van der Waals surface area contributed by atoms with Gasteiger partial charge >= 0.3 is 0 Å². The molecule has 1 aliphatic heterocycles. The minimum Gasteiger partial charge on any atom is -0.370 e. The van der Waals surface area contributed by atoms with E-state index in [0.29, 0.717) is 12.5 Å². The zero-order valence-corrected chi connectivity index (χ0v) is 17.7. The van der Waals surface area contributed by atoms with Crippen LogP contribution in [0.1, 0.15) is 29.5 Å². The Morgan fingerprint density at radius 1 is 1.00 bits per heavy atom. The molecule has 2 aliphatic rings. The molecule has 2 aromatic carbocycles. The fourth-order valence-electron chi connectivity index (χ4n) is 3.85. The van der Waals surface area contributed by atoms with Gasteiger partial charge in [0.05, 0.1) is 6.54 Å². The molecule has 1 saturated carbocycles. The van der Waals surface area contributed by atoms with Crippen molar-refractivity contribution in [2.75, 3.05) is 42.9 Å². The van der Waals surface area contributed by atoms with E-state index >= 15 is 0 Å². The zero-order chi connectivity index (χ0) is 20.2. The SMILES string of the molecule is Cc1ccc(NC(N)=NCc2ccc(N3CCN(CC4CC4)CC3)cc2)cc1C. The average Bonchev–Trinajstić information content (AvgIpc) is 3.54. The molecule has 3 N–H and O–H groups in total. The number of hydrogen-bond acceptors (Lipinski definition) is 3. The van der Waals surface area contributed by atoms with Crippen molar-refractivity contribution < 1.29 is 0 Å². The molecule has 154 valence electrons. The second-order valence-corrected chi connectivity index (χ2v) is 8.52. The maximum atomic E-state index is 6.07. The van der Waals surface area contributed by atoms with Gasteiger partial charge in [-0.05, 0) is 73.6 Å². The van der Waals surface area contributed by atoms with Crippen molar-refractivity contribution >= 4 is 17.3 Å². The van der Waals surface area contributed by atoms with Crippen molar-refractivity contribution in [1.82, 2.24) is 4.90 Å². The minimum atomic E-state index is 0.448. The van der Waals surface area contributed by atoms with Gasteiger partial charge in [0, 0.05) is 44.1 Å². The lowest BCUT2D eigenvalue weighted by Gasteiger charge is -2.36. The van der Waals surface area contributed by atoms with Gasteiger partial charge in [-0.2, -0.15) is 0 Å². The smallest absolute Gasteiger partial charge is 0.193 e. The Kier molecular flexibility index (Phi) is 6.05. The summed E-state index contributed by atoms with van der Waals surface area (Å²) in [5, 5.41) is 3.18. The summed E-state index contributed by atoms with van der Waals surface area (Å²) in [6, 6.07) is 15.0. The first-order valence-corrected chi connectivity index (χ1v) is 10.8. The molecule has 1 heterocycles. The normalized spacial score (nSPS) is 18.1. The van der Waals surface area contributed by atoms with Gasteiger partial charge in [0.25, 0.3) is 0 Å². The van der Waals surface area contributed by atoms with E-state index in [-0.39, 0.29) is 0 Å². The highest BCUT2D eigenvalue weighted by molar-refractivity contribution is 5.92. The lowest BCUT2D eigenvalue weighted by molar-refractivity contribution is 0.248. The number of benzene rings is 2. The molecule has 5 nitrogen and oxygen atoms in total. The molecule has 5 heteroatoms. The van der Waals surface area contributed by atoms with Crippen LogP contribution in [0.3, 0.4) is 0 Å². The lowest BCUT2D eigenvalue weighted by atomic mass is 10.1. The highest BCUT2D eigenvalue weighted by atomic mass is 15.3. The summed E-state index contributed by atoms with van der Waals surface area (Å²) in [6.07, 6.45) is 2.88. The van der Waals surface area contributed by atoms with Gasteiger partial charge in [-0.3, -0.25) is 4.90 Å². The highest BCUT2D eigenvalue weighted by Gasteiger charge is 2.26. The molecule has 1 saturated heterocycles. The first-order chi connectivity index (χ1) is 14.1. The zero-order valence-electron chi connectivity index (χ0n) is 17.7. The van der Waals surface area contributed by atoms with Crippen LogP contribution in [0.4, 0.5) is 11.4 Å². The van der Waals surface area contributed by atoms with E-state index in [1.54, 1.807) is 0 Å². The second-order valence-electron chi connectivity index (χ2n) is 8.52. The predicted molar refractivity (Wildman–Crippen MR) is 123 cm³/mol. The Bertz CT molecular complexity index is 846. The fraction of sp³-hybridized carbons (Fsp3) is 0.458. The molecular formula is C24H33N5. The number of hydrogen-bond donors (Lipinski definition) is 2. The van der Waals surface area contributed by atoms with E-state index in [4.69, 9.17) is 5.73 Å². The summed E-state index contributed by atoms with van der Waals surface area (Å²) in [4.78, 5) is 9.61. The van der Waals surface area contributed by atoms with E-state index in [0.717, 1.165) is 24.7 Å². The Labute approximate surface area is 174 Å². The molecule has 0 spiro atoms. The molecule has 0 atom stereocenters. The third-order valence-electron chi connectivity index (χ3n) is 6.10. The van der Waals surface area contributed by atoms with Crippen molar-refractivity contribution in [2.45, 2.75) is 33.2 Å². The maximum Gasteiger partial charge on any atom is 0.193 e. The van der Waals surface area contributed by atoms with E-state index in [2.05, 4.69) is 70.4 Å². The minimum absolute atomic E-state index is 0.448. The Morgan fingerprint density at radius 2 is 1.72 bits per heavy atom. The van der Waals surface area contributed by atoms with Crippen LogP contribution in [0, 0.1) is 19.8 Å². The summed E-state index contributed by atoms with van der Waals surface area (Å²) in [5.74, 6) is 1.43. The second kappa shape index (κ2) is 8.87. The number of guanidine groups is 1. The Balaban J connectivity index is 1.27. The van der Waals surface area contributed by atoms with Crippen molar-refractivity contribution in [3.63, 3.8) is 0 Å². The molecule has 0 bridgehead atoms. The topological polar surface area (TPSA) is 56.9 Å². The van der Waals surface area contributed by atoms with Crippen LogP contribution in [0.2, 0.25) is 0 Å². The monoisotopic (exact) mass is 391 g/mol. The number of piperazine rings is 1. The van der Waals surface area contributed by atoms with Crippen molar-refractivity contribution in [3.05, 3.63) is 59.2 Å². The number of nitrogens with zero attached hydrogens (tertiary/aromatic N) is 3. The van der Waals surface area contributed by atoms with Crippen molar-refractivity contribution in [1.29, 1.82) is 0 Å². The van der Waals surface area contributed by atoms with Gasteiger partial charge < -0.3 is 16.0 Å². The van der Waals surface area contributed by atoms with Crippen LogP contribution in [-0.2, 0) is 6.54 Å². The van der Waals surface area contributed by atoms with Crippen LogP contribution in [0.5, 0.6) is 0 Å². The molecule has 29 heavy (non-hydrogen) atoms. The van der Waals surface area contributed by atoms with E-state index in [9.17, 15) is 0 Å². The van der Waals surface area contributed by atoms with E-state index in [1.807, 2.05) is 6.07 Å². The largest absolute Gasteiger partial charge is 0.370 e. The number of nitrogens with two attached hydrogens (primary N) is 1. The van der Waals surface area contributed by atoms with Crippen molar-refractivity contribution in [3.8, 4) is 0 Å². The molecule has 2 fully saturated rings. The molecule has 0 amide bonds. The first kappa shape index (κ1) is 19.8. The summed E-state index contributed by atoms with van der Waals surface area (Å²) in [7, 11) is 0. The molecule has 1 aliphatic carbocycles. The number of anilines is 2. The molecular weight excluding hydrogens is 358 g/mol. The number of aryl methyl sites for hydroxylation is 2. The number of nitrogens with one attached hydrogen (secondary N) is 1. The van der Waals surface area contributed by atoms with Crippen LogP contribution in [-0.4, -0.2) is 43.6 Å². The fourth-order valence-corrected chi connectivity index (χ4v) is 3.85. The molecule has 0 aromatic heterocycles. The maximum absolute atomic E-state index is 6.07. The third kappa shape index (κ3) is 5.51. The summed E-state index contributed by atoms with van der Waals surface area (Å²) < 4.78 is 0. The molecule has 0 unspecified atom stereocenters. The van der Waals surface area contributed by atoms with Crippen LogP contribution < -0.4 is 16.0 Å². The Hall–Kier alpha value is -2.53. The van der Waals surface area contributed by atoms with Gasteiger partial charge in [-0.25, -0.2) is 4.99 Å². The van der Waals surface area contributed by atoms with Crippen LogP contribution in [0.25, 0.3) is 0 Å². The lowest BCUT2D eigenvalue weighted by Crippen LogP contribution is -2.47. The molecule has 0 radical (unpaired) electrons. The average molecular weight is 392 g/mol. The van der Waals surface area contributed by atoms with Crippen LogP contribution >= 0.6 is 0 Å². The first-order valence-electron chi connectivity index (χ1n) is 10.8. The van der Waals surface area contributed by atoms with Crippen molar-refractivity contribution in [2.24, 2.45) is 16.6 Å². The van der Waals surface area contributed by atoms with Gasteiger partial charge in [0.1, 0.15) is 0 Å². The quantitative estimate of drug-likeness (QED) is 0.581. The predicted octanol–water partition coefficient (Wildman–Crippen LogP) is 3.76. The van der Waals surface area contributed by atoms with Gasteiger partial charge in [0.15, 0.2) is 5.96 Å². The van der Waals surface area contributed by atoms with E-state index in [1.165, 1.54) is 54.9 Å². The number of rotatable bonds is 6. The van der Waals surface area contributed by atoms with Gasteiger partial charge in [-0.15, -0.1) is 0 Å². The summed E-state index contributed by atoms with van der Waals surface area (Å²) in [5.41, 5.74) is 12.0. The van der Waals surface area contributed by atoms with Gasteiger partial charge in [-0.1, -0.05) is 18.2 Å². The standard InChI is InChI=1S/C24H33N5/c1-18-3-8-22(15-19(18)2)27-24(25)26-16-20-6-9-23(10-7-20)29-13-11-28(12-14-29)17-21-4-5-21/h3,6-10,15,21H,4-5,11-14,16-17H2,1-2H3,(H3,25,26,27). The van der Waals surface area contributed by atoms with E-state index < -0.39 is 0 Å². The third-order valence-corrected chi connectivity index (χ3v) is 6.10. The number of aliphatic imine (C=N–C) groups is 1. The molecule has 4 rings (SSSR count). The summed E-state index contributed by atoms with van der Waals surface area (Å²) in [6.45, 7) is 10.7. The van der Waals surface area contributed by atoms with Gasteiger partial charge in [0.2, 0.25) is 0 Å². The summed E-state index contributed by atoms with van der Waals surface area (Å²) >= 11 is 0. The molecule has 2 aromatic rings. The highest BCUT2D eigenvalue weighted by Crippen LogP contribution is 2.30.